The summed E-state index contributed by atoms with van der Waals surface area (Å²) in [5.41, 5.74) is 1.44. The van der Waals surface area contributed by atoms with Gasteiger partial charge in [-0.2, -0.15) is 0 Å². The topological polar surface area (TPSA) is 0 Å². The zero-order chi connectivity index (χ0) is 7.28. The summed E-state index contributed by atoms with van der Waals surface area (Å²) >= 11 is 0. The second-order valence-corrected chi connectivity index (χ2v) is 2.35. The van der Waals surface area contributed by atoms with Crippen LogP contribution in [0.4, 0.5) is 0 Å². The van der Waals surface area contributed by atoms with Crippen LogP contribution in [-0.4, -0.2) is 0 Å². The summed E-state index contributed by atoms with van der Waals surface area (Å²) in [6.45, 7) is 8.49. The molecule has 0 aromatic rings. The van der Waals surface area contributed by atoms with Gasteiger partial charge in [-0.1, -0.05) is 30.7 Å². The van der Waals surface area contributed by atoms with Gasteiger partial charge in [0.2, 0.25) is 0 Å². The van der Waals surface area contributed by atoms with E-state index in [0.717, 1.165) is 0 Å². The fourth-order valence-electron chi connectivity index (χ4n) is 0.703. The van der Waals surface area contributed by atoms with Crippen LogP contribution in [0.1, 0.15) is 27.7 Å². The zero-order valence-corrected chi connectivity index (χ0v) is 6.81. The van der Waals surface area contributed by atoms with E-state index in [4.69, 9.17) is 0 Å². The van der Waals surface area contributed by atoms with Gasteiger partial charge in [-0.25, -0.2) is 0 Å². The summed E-state index contributed by atoms with van der Waals surface area (Å²) in [7, 11) is 0. The third-order valence-corrected chi connectivity index (χ3v) is 1.65. The molecule has 0 aliphatic heterocycles. The summed E-state index contributed by atoms with van der Waals surface area (Å²) in [5, 5.41) is 0. The fraction of sp³-hybridized carbons (Fsp3) is 0.556. The van der Waals surface area contributed by atoms with Crippen molar-refractivity contribution in [3.8, 4) is 0 Å². The summed E-state index contributed by atoms with van der Waals surface area (Å²) in [4.78, 5) is 0. The molecule has 0 saturated carbocycles. The van der Waals surface area contributed by atoms with E-state index >= 15 is 0 Å². The number of rotatable bonds is 2. The molecule has 1 unspecified atom stereocenters. The van der Waals surface area contributed by atoms with Crippen LogP contribution in [0.3, 0.4) is 0 Å². The Morgan fingerprint density at radius 2 is 1.89 bits per heavy atom. The van der Waals surface area contributed by atoms with Crippen LogP contribution in [-0.2, 0) is 0 Å². The monoisotopic (exact) mass is 124 g/mol. The van der Waals surface area contributed by atoms with Crippen molar-refractivity contribution in [2.45, 2.75) is 27.7 Å². The summed E-state index contributed by atoms with van der Waals surface area (Å²) in [5.74, 6) is 0.611. The van der Waals surface area contributed by atoms with Crippen LogP contribution in [0.2, 0.25) is 0 Å². The first kappa shape index (κ1) is 8.48. The average molecular weight is 124 g/mol. The Kier molecular flexibility index (Phi) is 4.12. The van der Waals surface area contributed by atoms with Crippen LogP contribution in [0.25, 0.3) is 0 Å². The predicted molar refractivity (Wildman–Crippen MR) is 43.4 cm³/mol. The maximum Gasteiger partial charge on any atom is -0.00546 e. The number of hydrogen-bond acceptors (Lipinski definition) is 0. The van der Waals surface area contributed by atoms with Gasteiger partial charge < -0.3 is 0 Å². The van der Waals surface area contributed by atoms with Crippen molar-refractivity contribution in [3.63, 3.8) is 0 Å². The molecule has 52 valence electrons. The van der Waals surface area contributed by atoms with Crippen molar-refractivity contribution in [1.29, 1.82) is 0 Å². The quantitative estimate of drug-likeness (QED) is 0.496. The van der Waals surface area contributed by atoms with E-state index < -0.39 is 0 Å². The van der Waals surface area contributed by atoms with E-state index in [0.29, 0.717) is 5.92 Å². The second kappa shape index (κ2) is 4.37. The molecule has 0 radical (unpaired) electrons. The highest BCUT2D eigenvalue weighted by Crippen LogP contribution is 2.09. The van der Waals surface area contributed by atoms with E-state index in [9.17, 15) is 0 Å². The van der Waals surface area contributed by atoms with Gasteiger partial charge in [-0.15, -0.1) is 0 Å². The minimum atomic E-state index is 0.611. The first-order valence-electron chi connectivity index (χ1n) is 3.48. The second-order valence-electron chi connectivity index (χ2n) is 2.35. The molecule has 9 heavy (non-hydrogen) atoms. The highest BCUT2D eigenvalue weighted by Gasteiger charge is 1.94. The van der Waals surface area contributed by atoms with Gasteiger partial charge in [0.15, 0.2) is 0 Å². The van der Waals surface area contributed by atoms with Crippen molar-refractivity contribution in [2.75, 3.05) is 0 Å². The third-order valence-electron chi connectivity index (χ3n) is 1.65. The van der Waals surface area contributed by atoms with E-state index in [1.54, 1.807) is 0 Å². The van der Waals surface area contributed by atoms with Crippen molar-refractivity contribution in [3.05, 3.63) is 23.8 Å². The fourth-order valence-corrected chi connectivity index (χ4v) is 0.703. The molecule has 0 nitrogen and oxygen atoms in total. The van der Waals surface area contributed by atoms with Crippen molar-refractivity contribution < 1.29 is 0 Å². The number of allylic oxidation sites excluding steroid dienone is 4. The molecule has 0 rings (SSSR count). The molecule has 0 aliphatic carbocycles. The standard InChI is InChI=1S/C9H16/c1-5-7-9(4)8(3)6-2/h5-7,9H,1-4H3/b7-5-,8-6-. The van der Waals surface area contributed by atoms with Gasteiger partial charge in [0.25, 0.3) is 0 Å². The smallest absolute Gasteiger partial charge is 0.00546 e. The Hall–Kier alpha value is -0.520. The van der Waals surface area contributed by atoms with Crippen molar-refractivity contribution in [2.24, 2.45) is 5.92 Å². The molecule has 0 bridgehead atoms. The molecule has 0 spiro atoms. The molecule has 0 aromatic carbocycles. The molecule has 0 fully saturated rings. The highest BCUT2D eigenvalue weighted by atomic mass is 14.0. The summed E-state index contributed by atoms with van der Waals surface area (Å²) < 4.78 is 0. The van der Waals surface area contributed by atoms with Gasteiger partial charge in [-0.05, 0) is 26.7 Å². The number of hydrogen-bond donors (Lipinski definition) is 0. The normalized spacial score (nSPS) is 16.7. The van der Waals surface area contributed by atoms with E-state index in [2.05, 4.69) is 45.9 Å². The SMILES string of the molecule is C/C=C\C(C)/C(C)=C\C. The lowest BCUT2D eigenvalue weighted by atomic mass is 10.0. The Morgan fingerprint density at radius 1 is 1.33 bits per heavy atom. The van der Waals surface area contributed by atoms with Crippen LogP contribution in [0.15, 0.2) is 23.8 Å². The van der Waals surface area contributed by atoms with Crippen LogP contribution in [0, 0.1) is 5.92 Å². The molecule has 0 amide bonds. The van der Waals surface area contributed by atoms with Gasteiger partial charge in [0, 0.05) is 0 Å². The van der Waals surface area contributed by atoms with E-state index in [-0.39, 0.29) is 0 Å². The van der Waals surface area contributed by atoms with Crippen LogP contribution < -0.4 is 0 Å². The molecule has 0 aromatic heterocycles. The largest absolute Gasteiger partial charge is 0.0911 e. The Morgan fingerprint density at radius 3 is 2.22 bits per heavy atom. The lowest BCUT2D eigenvalue weighted by molar-refractivity contribution is 0.858. The summed E-state index contributed by atoms with van der Waals surface area (Å²) in [6, 6.07) is 0. The zero-order valence-electron chi connectivity index (χ0n) is 6.81. The summed E-state index contributed by atoms with van der Waals surface area (Å²) in [6.07, 6.45) is 6.46. The third kappa shape index (κ3) is 3.12. The first-order chi connectivity index (χ1) is 4.22. The highest BCUT2D eigenvalue weighted by molar-refractivity contribution is 5.07. The molecule has 1 atom stereocenters. The van der Waals surface area contributed by atoms with Crippen LogP contribution >= 0.6 is 0 Å². The van der Waals surface area contributed by atoms with E-state index in [1.807, 2.05) is 0 Å². The Balaban J connectivity index is 3.88. The lowest BCUT2D eigenvalue weighted by Gasteiger charge is -2.03. The molecular weight excluding hydrogens is 108 g/mol. The van der Waals surface area contributed by atoms with Crippen LogP contribution in [0.5, 0.6) is 0 Å². The predicted octanol–water partition coefficient (Wildman–Crippen LogP) is 3.16. The van der Waals surface area contributed by atoms with Crippen molar-refractivity contribution >= 4 is 0 Å². The maximum absolute atomic E-state index is 2.20. The van der Waals surface area contributed by atoms with Crippen molar-refractivity contribution in [1.82, 2.24) is 0 Å². The van der Waals surface area contributed by atoms with Gasteiger partial charge >= 0.3 is 0 Å². The molecule has 0 heteroatoms. The molecule has 0 aliphatic rings. The Labute approximate surface area is 58.3 Å². The minimum absolute atomic E-state index is 0.611. The average Bonchev–Trinajstić information content (AvgIpc) is 1.87. The first-order valence-corrected chi connectivity index (χ1v) is 3.48. The molecule has 0 heterocycles. The minimum Gasteiger partial charge on any atom is -0.0911 e. The molecule has 0 N–H and O–H groups in total. The van der Waals surface area contributed by atoms with Gasteiger partial charge in [0.05, 0.1) is 0 Å². The Bertz CT molecular complexity index is 118. The maximum atomic E-state index is 2.20. The van der Waals surface area contributed by atoms with E-state index in [1.165, 1.54) is 5.57 Å². The molecular formula is C9H16. The van der Waals surface area contributed by atoms with Gasteiger partial charge in [-0.3, -0.25) is 0 Å². The molecule has 0 saturated heterocycles. The van der Waals surface area contributed by atoms with Gasteiger partial charge in [0.1, 0.15) is 0 Å². The lowest BCUT2D eigenvalue weighted by Crippen LogP contribution is -1.89.